The smallest absolute Gasteiger partial charge is 0.302 e. The van der Waals surface area contributed by atoms with E-state index in [4.69, 9.17) is 0 Å². The van der Waals surface area contributed by atoms with Crippen LogP contribution >= 0.6 is 11.3 Å². The first-order valence-corrected chi connectivity index (χ1v) is 11.2. The molecule has 0 unspecified atom stereocenters. The summed E-state index contributed by atoms with van der Waals surface area (Å²) in [5.74, 6) is -1.75. The Hall–Kier alpha value is -3.34. The van der Waals surface area contributed by atoms with Crippen LogP contribution in [0.5, 0.6) is 0 Å². The summed E-state index contributed by atoms with van der Waals surface area (Å²) in [4.78, 5) is 24.8. The summed E-state index contributed by atoms with van der Waals surface area (Å²) in [6.45, 7) is 3.22. The molecule has 1 amide bonds. The number of hydrogen-bond acceptors (Lipinski definition) is 6. The number of rotatable bonds is 4. The van der Waals surface area contributed by atoms with Gasteiger partial charge in [0.15, 0.2) is 5.13 Å². The van der Waals surface area contributed by atoms with Crippen LogP contribution in [0.3, 0.4) is 0 Å². The standard InChI is InChI=1S/C22H19F3N6OS/c1-11-16(12(2)31-20(26-11)29-19(30-31)22(23,24)25)9-18(32)28-21-27-17(10-33-21)15-7-6-13-4-3-5-14(13)8-15/h6-8,10H,3-5,9H2,1-2H3,(H,27,28,32). The van der Waals surface area contributed by atoms with Gasteiger partial charge in [-0.2, -0.15) is 18.2 Å². The Labute approximate surface area is 190 Å². The quantitative estimate of drug-likeness (QED) is 0.471. The number of nitrogens with zero attached hydrogens (tertiary/aromatic N) is 5. The average molecular weight is 472 g/mol. The molecule has 1 aliphatic carbocycles. The fourth-order valence-corrected chi connectivity index (χ4v) is 4.84. The average Bonchev–Trinajstić information content (AvgIpc) is 3.49. The second-order valence-corrected chi connectivity index (χ2v) is 8.86. The molecule has 1 N–H and O–H groups in total. The van der Waals surface area contributed by atoms with Crippen LogP contribution in [0.2, 0.25) is 0 Å². The molecule has 11 heteroatoms. The number of anilines is 1. The minimum absolute atomic E-state index is 0.0738. The number of benzene rings is 1. The van der Waals surface area contributed by atoms with E-state index < -0.39 is 12.0 Å². The number of carbonyl (C=O) groups excluding carboxylic acids is 1. The van der Waals surface area contributed by atoms with Crippen molar-refractivity contribution in [3.63, 3.8) is 0 Å². The van der Waals surface area contributed by atoms with Crippen LogP contribution in [0.15, 0.2) is 23.6 Å². The zero-order valence-electron chi connectivity index (χ0n) is 17.8. The van der Waals surface area contributed by atoms with Gasteiger partial charge in [-0.05, 0) is 50.3 Å². The Balaban J connectivity index is 1.34. The molecule has 170 valence electrons. The SMILES string of the molecule is Cc1nc2nc(C(F)(F)F)nn2c(C)c1CC(=O)Nc1nc(-c2ccc3c(c2)CCC3)cs1. The maximum atomic E-state index is 13.0. The molecule has 1 aromatic carbocycles. The van der Waals surface area contributed by atoms with Crippen molar-refractivity contribution in [1.29, 1.82) is 0 Å². The van der Waals surface area contributed by atoms with E-state index >= 15 is 0 Å². The van der Waals surface area contributed by atoms with Crippen LogP contribution < -0.4 is 5.32 Å². The summed E-state index contributed by atoms with van der Waals surface area (Å²) < 4.78 is 39.9. The molecule has 0 fully saturated rings. The molecule has 0 saturated heterocycles. The Morgan fingerprint density at radius 3 is 2.73 bits per heavy atom. The number of fused-ring (bicyclic) bond motifs is 2. The highest BCUT2D eigenvalue weighted by atomic mass is 32.1. The van der Waals surface area contributed by atoms with E-state index in [9.17, 15) is 18.0 Å². The third kappa shape index (κ3) is 4.08. The van der Waals surface area contributed by atoms with Crippen molar-refractivity contribution in [1.82, 2.24) is 24.6 Å². The van der Waals surface area contributed by atoms with Crippen molar-refractivity contribution in [3.8, 4) is 11.3 Å². The summed E-state index contributed by atoms with van der Waals surface area (Å²) in [5.41, 5.74) is 5.84. The second-order valence-electron chi connectivity index (χ2n) is 8.01. The van der Waals surface area contributed by atoms with E-state index in [2.05, 4.69) is 37.5 Å². The van der Waals surface area contributed by atoms with Crippen molar-refractivity contribution in [2.24, 2.45) is 0 Å². The number of carbonyl (C=O) groups is 1. The summed E-state index contributed by atoms with van der Waals surface area (Å²) >= 11 is 1.32. The minimum Gasteiger partial charge on any atom is -0.302 e. The van der Waals surface area contributed by atoms with Gasteiger partial charge in [-0.15, -0.1) is 16.4 Å². The zero-order valence-corrected chi connectivity index (χ0v) is 18.6. The molecule has 4 aromatic rings. The van der Waals surface area contributed by atoms with Crippen LogP contribution in [0.4, 0.5) is 18.3 Å². The largest absolute Gasteiger partial charge is 0.453 e. The van der Waals surface area contributed by atoms with Gasteiger partial charge < -0.3 is 5.32 Å². The molecule has 0 spiro atoms. The van der Waals surface area contributed by atoms with Crippen molar-refractivity contribution >= 4 is 28.2 Å². The Bertz CT molecular complexity index is 1390. The molecule has 0 bridgehead atoms. The molecule has 3 heterocycles. The Morgan fingerprint density at radius 1 is 1.15 bits per heavy atom. The Kier molecular flexibility index (Phi) is 5.15. The van der Waals surface area contributed by atoms with Crippen molar-refractivity contribution in [3.05, 3.63) is 57.5 Å². The molecule has 0 aliphatic heterocycles. The summed E-state index contributed by atoms with van der Waals surface area (Å²) in [6, 6.07) is 6.34. The number of halogens is 3. The monoisotopic (exact) mass is 472 g/mol. The maximum absolute atomic E-state index is 13.0. The number of alkyl halides is 3. The van der Waals surface area contributed by atoms with Gasteiger partial charge in [0.05, 0.1) is 12.1 Å². The van der Waals surface area contributed by atoms with Gasteiger partial charge in [0.1, 0.15) is 0 Å². The van der Waals surface area contributed by atoms with E-state index in [-0.39, 0.29) is 18.1 Å². The lowest BCUT2D eigenvalue weighted by Gasteiger charge is -2.09. The predicted molar refractivity (Wildman–Crippen MR) is 117 cm³/mol. The minimum atomic E-state index is -4.67. The van der Waals surface area contributed by atoms with Crippen LogP contribution in [0, 0.1) is 13.8 Å². The van der Waals surface area contributed by atoms with Crippen molar-refractivity contribution in [2.75, 3.05) is 5.32 Å². The van der Waals surface area contributed by atoms with Gasteiger partial charge in [0.25, 0.3) is 11.6 Å². The molecule has 33 heavy (non-hydrogen) atoms. The molecule has 5 rings (SSSR count). The third-order valence-electron chi connectivity index (χ3n) is 5.78. The highest BCUT2D eigenvalue weighted by Crippen LogP contribution is 2.30. The first-order valence-electron chi connectivity index (χ1n) is 10.4. The molecule has 0 atom stereocenters. The number of hydrogen-bond donors (Lipinski definition) is 1. The van der Waals surface area contributed by atoms with Crippen molar-refractivity contribution < 1.29 is 18.0 Å². The van der Waals surface area contributed by atoms with Gasteiger partial charge in [-0.3, -0.25) is 4.79 Å². The second kappa shape index (κ2) is 7.91. The fraction of sp³-hybridized carbons (Fsp3) is 0.318. The lowest BCUT2D eigenvalue weighted by Crippen LogP contribution is -2.17. The number of thiazole rings is 1. The number of aromatic nitrogens is 5. The number of nitrogens with one attached hydrogen (secondary N) is 1. The molecule has 7 nitrogen and oxygen atoms in total. The molecule has 1 aliphatic rings. The number of amides is 1. The molecular weight excluding hydrogens is 453 g/mol. The normalized spacial score (nSPS) is 13.5. The van der Waals surface area contributed by atoms with Gasteiger partial charge in [-0.25, -0.2) is 14.5 Å². The summed E-state index contributed by atoms with van der Waals surface area (Å²) in [7, 11) is 0. The topological polar surface area (TPSA) is 85.1 Å². The van der Waals surface area contributed by atoms with Crippen LogP contribution in [0.1, 0.15) is 40.3 Å². The van der Waals surface area contributed by atoms with Crippen molar-refractivity contribution in [2.45, 2.75) is 45.7 Å². The molecule has 3 aromatic heterocycles. The van der Waals surface area contributed by atoms with E-state index in [1.165, 1.54) is 28.9 Å². The lowest BCUT2D eigenvalue weighted by atomic mass is 10.1. The van der Waals surface area contributed by atoms with Gasteiger partial charge in [0, 0.05) is 27.9 Å². The molecular formula is C22H19F3N6OS. The maximum Gasteiger partial charge on any atom is 0.453 e. The fourth-order valence-electron chi connectivity index (χ4n) is 4.10. The highest BCUT2D eigenvalue weighted by Gasteiger charge is 2.37. The first kappa shape index (κ1) is 21.5. The van der Waals surface area contributed by atoms with Crippen LogP contribution in [-0.4, -0.2) is 30.5 Å². The van der Waals surface area contributed by atoms with Crippen LogP contribution in [-0.2, 0) is 30.2 Å². The van der Waals surface area contributed by atoms with E-state index in [0.29, 0.717) is 22.1 Å². The first-order chi connectivity index (χ1) is 15.7. The van der Waals surface area contributed by atoms with E-state index in [1.54, 1.807) is 13.8 Å². The predicted octanol–water partition coefficient (Wildman–Crippen LogP) is 4.55. The lowest BCUT2D eigenvalue weighted by molar-refractivity contribution is -0.144. The summed E-state index contributed by atoms with van der Waals surface area (Å²) in [5, 5.41) is 8.65. The van der Waals surface area contributed by atoms with Gasteiger partial charge >= 0.3 is 6.18 Å². The highest BCUT2D eigenvalue weighted by molar-refractivity contribution is 7.14. The van der Waals surface area contributed by atoms with Gasteiger partial charge in [-0.1, -0.05) is 12.1 Å². The Morgan fingerprint density at radius 2 is 1.94 bits per heavy atom. The van der Waals surface area contributed by atoms with E-state index in [1.807, 2.05) is 11.4 Å². The number of aryl methyl sites for hydroxylation is 4. The summed E-state index contributed by atoms with van der Waals surface area (Å²) in [6.07, 6.45) is -1.39. The third-order valence-corrected chi connectivity index (χ3v) is 6.54. The zero-order chi connectivity index (χ0) is 23.3. The molecule has 0 saturated carbocycles. The van der Waals surface area contributed by atoms with Crippen LogP contribution in [0.25, 0.3) is 17.0 Å². The molecule has 0 radical (unpaired) electrons. The van der Waals surface area contributed by atoms with Gasteiger partial charge in [0.2, 0.25) is 5.91 Å². The van der Waals surface area contributed by atoms with E-state index in [0.717, 1.165) is 28.6 Å².